The van der Waals surface area contributed by atoms with E-state index in [1.165, 1.54) is 5.56 Å². The van der Waals surface area contributed by atoms with Crippen molar-refractivity contribution in [2.24, 2.45) is 5.73 Å². The molecule has 0 aliphatic heterocycles. The average Bonchev–Trinajstić information content (AvgIpc) is 3.09. The maximum absolute atomic E-state index is 6.51. The van der Waals surface area contributed by atoms with Crippen LogP contribution < -0.4 is 10.5 Å². The number of fused-ring (bicyclic) bond motifs is 2. The molecule has 0 saturated heterocycles. The molecule has 0 fully saturated rings. The van der Waals surface area contributed by atoms with E-state index >= 15 is 0 Å². The molecule has 0 unspecified atom stereocenters. The topological polar surface area (TPSA) is 51.0 Å². The summed E-state index contributed by atoms with van der Waals surface area (Å²) in [7, 11) is 1.70. The Labute approximate surface area is 174 Å². The SMILES string of the molecule is COc1cc2ccccc2cc1-c1[nH]c2c(Cl)c(Cl)ccc2c1CCCCN. The molecule has 144 valence electrons. The van der Waals surface area contributed by atoms with E-state index in [1.54, 1.807) is 7.11 Å². The Morgan fingerprint density at radius 3 is 2.46 bits per heavy atom. The number of hydrogen-bond donors (Lipinski definition) is 2. The first kappa shape index (κ1) is 19.1. The smallest absolute Gasteiger partial charge is 0.128 e. The van der Waals surface area contributed by atoms with Crippen LogP contribution in [0.25, 0.3) is 32.9 Å². The molecule has 5 heteroatoms. The van der Waals surface area contributed by atoms with Crippen LogP contribution in [0, 0.1) is 0 Å². The highest BCUT2D eigenvalue weighted by atomic mass is 35.5. The molecule has 3 N–H and O–H groups in total. The van der Waals surface area contributed by atoms with Gasteiger partial charge < -0.3 is 15.5 Å². The number of nitrogens with two attached hydrogens (primary N) is 1. The van der Waals surface area contributed by atoms with Gasteiger partial charge in [-0.05, 0) is 60.3 Å². The number of nitrogens with one attached hydrogen (secondary N) is 1. The molecule has 0 aliphatic carbocycles. The van der Waals surface area contributed by atoms with E-state index in [4.69, 9.17) is 33.7 Å². The maximum atomic E-state index is 6.51. The summed E-state index contributed by atoms with van der Waals surface area (Å²) in [5.41, 5.74) is 9.84. The highest BCUT2D eigenvalue weighted by molar-refractivity contribution is 6.45. The lowest BCUT2D eigenvalue weighted by Crippen LogP contribution is -1.99. The number of unbranched alkanes of at least 4 members (excludes halogenated alkanes) is 1. The van der Waals surface area contributed by atoms with Crippen LogP contribution in [0.4, 0.5) is 0 Å². The van der Waals surface area contributed by atoms with Gasteiger partial charge in [0.05, 0.1) is 28.4 Å². The molecule has 1 aromatic heterocycles. The standard InChI is InChI=1S/C23H22Cl2N2O/c1-28-20-13-15-7-3-2-6-14(15)12-18(20)22-16(8-4-5-11-26)17-9-10-19(24)21(25)23(17)27-22/h2-3,6-7,9-10,12-13,27H,4-5,8,11,26H2,1H3. The van der Waals surface area contributed by atoms with Crippen LogP contribution in [0.1, 0.15) is 18.4 Å². The molecule has 4 aromatic rings. The summed E-state index contributed by atoms with van der Waals surface area (Å²) in [6, 6.07) is 16.4. The van der Waals surface area contributed by atoms with Gasteiger partial charge in [-0.3, -0.25) is 0 Å². The molecular formula is C23H22Cl2N2O. The number of aromatic amines is 1. The molecule has 3 aromatic carbocycles. The van der Waals surface area contributed by atoms with E-state index in [0.29, 0.717) is 16.6 Å². The normalized spacial score (nSPS) is 11.4. The van der Waals surface area contributed by atoms with Crippen molar-refractivity contribution in [1.82, 2.24) is 4.98 Å². The quantitative estimate of drug-likeness (QED) is 0.351. The van der Waals surface area contributed by atoms with Crippen molar-refractivity contribution in [2.45, 2.75) is 19.3 Å². The van der Waals surface area contributed by atoms with Gasteiger partial charge in [-0.25, -0.2) is 0 Å². The van der Waals surface area contributed by atoms with Crippen molar-refractivity contribution < 1.29 is 4.74 Å². The largest absolute Gasteiger partial charge is 0.496 e. The predicted octanol–water partition coefficient (Wildman–Crippen LogP) is 6.58. The number of ether oxygens (including phenoxy) is 1. The van der Waals surface area contributed by atoms with Gasteiger partial charge in [0.1, 0.15) is 5.75 Å². The van der Waals surface area contributed by atoms with Gasteiger partial charge in [-0.15, -0.1) is 0 Å². The van der Waals surface area contributed by atoms with E-state index in [0.717, 1.165) is 57.9 Å². The molecule has 28 heavy (non-hydrogen) atoms. The molecule has 3 nitrogen and oxygen atoms in total. The first-order valence-corrected chi connectivity index (χ1v) is 10.2. The first-order chi connectivity index (χ1) is 13.6. The van der Waals surface area contributed by atoms with Gasteiger partial charge in [0.25, 0.3) is 0 Å². The molecule has 0 radical (unpaired) electrons. The Hall–Kier alpha value is -2.20. The van der Waals surface area contributed by atoms with Crippen LogP contribution >= 0.6 is 23.2 Å². The number of aryl methyl sites for hydroxylation is 1. The summed E-state index contributed by atoms with van der Waals surface area (Å²) in [6.45, 7) is 0.684. The molecular weight excluding hydrogens is 391 g/mol. The van der Waals surface area contributed by atoms with Gasteiger partial charge in [0.2, 0.25) is 0 Å². The highest BCUT2D eigenvalue weighted by Gasteiger charge is 2.19. The number of aromatic nitrogens is 1. The molecule has 0 aliphatic rings. The Morgan fingerprint density at radius 2 is 1.75 bits per heavy atom. The minimum absolute atomic E-state index is 0.543. The first-order valence-electron chi connectivity index (χ1n) is 9.39. The van der Waals surface area contributed by atoms with Crippen LogP contribution in [0.3, 0.4) is 0 Å². The third kappa shape index (κ3) is 3.35. The minimum Gasteiger partial charge on any atom is -0.496 e. The fraction of sp³-hybridized carbons (Fsp3) is 0.217. The van der Waals surface area contributed by atoms with Gasteiger partial charge >= 0.3 is 0 Å². The van der Waals surface area contributed by atoms with E-state index in [2.05, 4.69) is 29.2 Å². The maximum Gasteiger partial charge on any atom is 0.128 e. The zero-order valence-electron chi connectivity index (χ0n) is 15.7. The minimum atomic E-state index is 0.543. The van der Waals surface area contributed by atoms with Gasteiger partial charge in [0.15, 0.2) is 0 Å². The molecule has 0 amide bonds. The number of H-pyrrole nitrogens is 1. The summed E-state index contributed by atoms with van der Waals surface area (Å²) >= 11 is 12.8. The highest BCUT2D eigenvalue weighted by Crippen LogP contribution is 2.41. The average molecular weight is 413 g/mol. The van der Waals surface area contributed by atoms with Crippen LogP contribution in [0.5, 0.6) is 5.75 Å². The second-order valence-corrected chi connectivity index (χ2v) is 7.69. The molecule has 0 bridgehead atoms. The van der Waals surface area contributed by atoms with Gasteiger partial charge in [0, 0.05) is 10.9 Å². The van der Waals surface area contributed by atoms with E-state index in [-0.39, 0.29) is 0 Å². The van der Waals surface area contributed by atoms with Gasteiger partial charge in [-0.1, -0.05) is 53.5 Å². The van der Waals surface area contributed by atoms with Crippen LogP contribution in [-0.2, 0) is 6.42 Å². The Kier molecular flexibility index (Phi) is 5.49. The Bertz CT molecular complexity index is 1150. The summed E-state index contributed by atoms with van der Waals surface area (Å²) in [6.07, 6.45) is 2.88. The second-order valence-electron chi connectivity index (χ2n) is 6.91. The molecule has 4 rings (SSSR count). The third-order valence-corrected chi connectivity index (χ3v) is 5.99. The summed E-state index contributed by atoms with van der Waals surface area (Å²) in [5.74, 6) is 0.826. The number of methoxy groups -OCH3 is 1. The Morgan fingerprint density at radius 1 is 1.00 bits per heavy atom. The van der Waals surface area contributed by atoms with Crippen molar-refractivity contribution in [3.63, 3.8) is 0 Å². The fourth-order valence-electron chi connectivity index (χ4n) is 3.78. The van der Waals surface area contributed by atoms with Crippen LogP contribution in [0.15, 0.2) is 48.5 Å². The zero-order valence-corrected chi connectivity index (χ0v) is 17.2. The second kappa shape index (κ2) is 8.04. The molecule has 0 saturated carbocycles. The van der Waals surface area contributed by atoms with Crippen molar-refractivity contribution >= 4 is 44.9 Å². The zero-order chi connectivity index (χ0) is 19.7. The Balaban J connectivity index is 1.98. The molecule has 0 spiro atoms. The fourth-order valence-corrected chi connectivity index (χ4v) is 4.15. The third-order valence-electron chi connectivity index (χ3n) is 5.19. The van der Waals surface area contributed by atoms with E-state index < -0.39 is 0 Å². The number of halogens is 2. The number of rotatable bonds is 6. The molecule has 0 atom stereocenters. The van der Waals surface area contributed by atoms with Crippen molar-refractivity contribution in [1.29, 1.82) is 0 Å². The van der Waals surface area contributed by atoms with Crippen molar-refractivity contribution in [3.05, 3.63) is 64.1 Å². The number of hydrogen-bond acceptors (Lipinski definition) is 2. The lowest BCUT2D eigenvalue weighted by atomic mass is 9.97. The summed E-state index contributed by atoms with van der Waals surface area (Å²) < 4.78 is 5.74. The molecule has 1 heterocycles. The van der Waals surface area contributed by atoms with E-state index in [9.17, 15) is 0 Å². The predicted molar refractivity (Wildman–Crippen MR) is 120 cm³/mol. The van der Waals surface area contributed by atoms with Crippen LogP contribution in [0.2, 0.25) is 10.0 Å². The summed E-state index contributed by atoms with van der Waals surface area (Å²) in [4.78, 5) is 3.53. The van der Waals surface area contributed by atoms with Crippen molar-refractivity contribution in [2.75, 3.05) is 13.7 Å². The summed E-state index contributed by atoms with van der Waals surface area (Å²) in [5, 5.41) is 4.49. The number of benzene rings is 3. The van der Waals surface area contributed by atoms with Crippen LogP contribution in [-0.4, -0.2) is 18.6 Å². The lowest BCUT2D eigenvalue weighted by Gasteiger charge is -2.12. The monoisotopic (exact) mass is 412 g/mol. The van der Waals surface area contributed by atoms with E-state index in [1.807, 2.05) is 24.3 Å². The lowest BCUT2D eigenvalue weighted by molar-refractivity contribution is 0.417. The van der Waals surface area contributed by atoms with Crippen molar-refractivity contribution in [3.8, 4) is 17.0 Å². The van der Waals surface area contributed by atoms with Gasteiger partial charge in [-0.2, -0.15) is 0 Å².